The number of rotatable bonds is 11. The number of hydrogen-bond acceptors (Lipinski definition) is 7. The third kappa shape index (κ3) is 9.21. The van der Waals surface area contributed by atoms with Crippen LogP contribution in [0.5, 0.6) is 0 Å². The smallest absolute Gasteiger partial charge is 0.253 e. The van der Waals surface area contributed by atoms with E-state index < -0.39 is 0 Å². The van der Waals surface area contributed by atoms with Crippen LogP contribution >= 0.6 is 11.3 Å². The molecule has 3 N–H and O–H groups in total. The van der Waals surface area contributed by atoms with Crippen LogP contribution in [0.15, 0.2) is 42.0 Å². The Morgan fingerprint density at radius 3 is 2.51 bits per heavy atom. The van der Waals surface area contributed by atoms with Gasteiger partial charge in [0.1, 0.15) is 5.69 Å². The zero-order chi connectivity index (χ0) is 30.2. The van der Waals surface area contributed by atoms with Crippen LogP contribution in [0.2, 0.25) is 0 Å². The second-order valence-corrected chi connectivity index (χ2v) is 12.9. The second kappa shape index (κ2) is 14.2. The lowest BCUT2D eigenvalue weighted by Crippen LogP contribution is -2.48. The van der Waals surface area contributed by atoms with Gasteiger partial charge < -0.3 is 25.0 Å². The normalized spacial score (nSPS) is 15.0. The highest BCUT2D eigenvalue weighted by Gasteiger charge is 2.35. The van der Waals surface area contributed by atoms with E-state index in [1.807, 2.05) is 41.3 Å². The first kappa shape index (κ1) is 32.4. The van der Waals surface area contributed by atoms with Crippen LogP contribution in [-0.2, 0) is 15.1 Å². The molecule has 224 valence electrons. The average Bonchev–Trinajstić information content (AvgIpc) is 3.60. The first-order valence-corrected chi connectivity index (χ1v) is 15.1. The topological polar surface area (TPSA) is 118 Å². The van der Waals surface area contributed by atoms with E-state index in [1.165, 1.54) is 11.3 Å². The third-order valence-electron chi connectivity index (χ3n) is 7.55. The van der Waals surface area contributed by atoms with Crippen molar-refractivity contribution in [3.05, 3.63) is 53.3 Å². The van der Waals surface area contributed by atoms with E-state index in [-0.39, 0.29) is 35.4 Å². The van der Waals surface area contributed by atoms with Gasteiger partial charge in [0.25, 0.3) is 5.91 Å². The molecule has 0 saturated carbocycles. The highest BCUT2D eigenvalue weighted by Crippen LogP contribution is 2.29. The molecule has 3 aromatic heterocycles. The number of carbonyl (C=O) groups is 2. The fourth-order valence-electron chi connectivity index (χ4n) is 4.09. The largest absolute Gasteiger partial charge is 0.393 e. The quantitative estimate of drug-likeness (QED) is 0.269. The Morgan fingerprint density at radius 1 is 1.17 bits per heavy atom. The Bertz CT molecular complexity index is 1290. The molecule has 0 bridgehead atoms. The van der Waals surface area contributed by atoms with E-state index in [0.29, 0.717) is 35.5 Å². The molecule has 0 aliphatic carbocycles. The molecule has 0 spiro atoms. The van der Waals surface area contributed by atoms with Crippen molar-refractivity contribution in [2.24, 2.45) is 11.3 Å². The van der Waals surface area contributed by atoms with Gasteiger partial charge in [0, 0.05) is 23.5 Å². The van der Waals surface area contributed by atoms with Gasteiger partial charge in [-0.15, -0.1) is 11.3 Å². The molecule has 10 heteroatoms. The van der Waals surface area contributed by atoms with Crippen LogP contribution in [0.25, 0.3) is 11.4 Å². The molecule has 41 heavy (non-hydrogen) atoms. The molecule has 1 aliphatic heterocycles. The fraction of sp³-hybridized carbons (Fsp3) is 0.548. The number of anilines is 1. The van der Waals surface area contributed by atoms with Crippen molar-refractivity contribution >= 4 is 28.3 Å². The standard InChI is InChI=1S/C20H21N5O3S.C11H24O/c1-13-4-3-5-15(22-13)16-10-29-19(23-16)24-17(26)8-21-18(27)14-6-7-25(9-14)20(2)11-28-12-20;1-6-11(4,5)10(12)8-7-9(2)3/h3-7,9-10H,8,11-12H2,1-2H3,(H,21,27)(H,23,24,26);9-10,12H,6-8H2,1-5H3. The SMILES string of the molecule is CCC(C)(C)C(O)CCC(C)C.Cc1cccc(-c2csc(NC(=O)CNC(=O)c3ccn(C4(C)COC4)c3)n2)n1. The zero-order valence-electron chi connectivity index (χ0n) is 25.4. The van der Waals surface area contributed by atoms with Crippen LogP contribution in [0.4, 0.5) is 5.13 Å². The van der Waals surface area contributed by atoms with Gasteiger partial charge in [-0.05, 0) is 62.6 Å². The molecule has 1 unspecified atom stereocenters. The van der Waals surface area contributed by atoms with Gasteiger partial charge in [-0.3, -0.25) is 14.6 Å². The molecule has 4 heterocycles. The lowest BCUT2D eigenvalue weighted by atomic mass is 9.81. The van der Waals surface area contributed by atoms with Gasteiger partial charge in [-0.1, -0.05) is 40.7 Å². The number of pyridine rings is 1. The first-order chi connectivity index (χ1) is 19.3. The molecule has 3 aromatic rings. The summed E-state index contributed by atoms with van der Waals surface area (Å²) < 4.78 is 7.22. The number of ether oxygens (including phenoxy) is 1. The van der Waals surface area contributed by atoms with Crippen LogP contribution < -0.4 is 10.6 Å². The molecule has 1 fully saturated rings. The number of aryl methyl sites for hydroxylation is 1. The zero-order valence-corrected chi connectivity index (χ0v) is 26.2. The summed E-state index contributed by atoms with van der Waals surface area (Å²) in [6.07, 6.45) is 6.62. The minimum Gasteiger partial charge on any atom is -0.393 e. The molecule has 0 aromatic carbocycles. The van der Waals surface area contributed by atoms with E-state index in [4.69, 9.17) is 4.74 Å². The number of aliphatic hydroxyl groups excluding tert-OH is 1. The molecule has 4 rings (SSSR count). The van der Waals surface area contributed by atoms with Crippen molar-refractivity contribution in [1.29, 1.82) is 0 Å². The minimum atomic E-state index is -0.338. The third-order valence-corrected chi connectivity index (χ3v) is 8.30. The molecule has 0 radical (unpaired) electrons. The van der Waals surface area contributed by atoms with Gasteiger partial charge in [0.15, 0.2) is 5.13 Å². The monoisotopic (exact) mass is 583 g/mol. The summed E-state index contributed by atoms with van der Waals surface area (Å²) in [6.45, 7) is 15.9. The summed E-state index contributed by atoms with van der Waals surface area (Å²) in [5.74, 6) is 0.0640. The van der Waals surface area contributed by atoms with Crippen LogP contribution in [0, 0.1) is 18.3 Å². The van der Waals surface area contributed by atoms with Gasteiger partial charge >= 0.3 is 0 Å². The number of hydrogen-bond donors (Lipinski definition) is 3. The average molecular weight is 584 g/mol. The Balaban J connectivity index is 0.000000327. The molecule has 1 atom stereocenters. The van der Waals surface area contributed by atoms with Crippen LogP contribution in [0.1, 0.15) is 76.9 Å². The van der Waals surface area contributed by atoms with Crippen molar-refractivity contribution < 1.29 is 19.4 Å². The summed E-state index contributed by atoms with van der Waals surface area (Å²) in [6, 6.07) is 7.43. The van der Waals surface area contributed by atoms with E-state index >= 15 is 0 Å². The number of nitrogens with zero attached hydrogens (tertiary/aromatic N) is 3. The summed E-state index contributed by atoms with van der Waals surface area (Å²) in [5, 5.41) is 17.5. The van der Waals surface area contributed by atoms with Crippen molar-refractivity contribution in [3.8, 4) is 11.4 Å². The second-order valence-electron chi connectivity index (χ2n) is 12.1. The lowest BCUT2D eigenvalue weighted by Gasteiger charge is -2.39. The van der Waals surface area contributed by atoms with E-state index in [9.17, 15) is 14.7 Å². The number of thiazole rings is 1. The maximum absolute atomic E-state index is 12.3. The summed E-state index contributed by atoms with van der Waals surface area (Å²) in [4.78, 5) is 33.3. The van der Waals surface area contributed by atoms with Crippen molar-refractivity contribution in [2.75, 3.05) is 25.1 Å². The highest BCUT2D eigenvalue weighted by atomic mass is 32.1. The predicted molar refractivity (Wildman–Crippen MR) is 164 cm³/mol. The number of aromatic nitrogens is 3. The van der Waals surface area contributed by atoms with Gasteiger partial charge in [0.2, 0.25) is 5.91 Å². The molecular formula is C31H45N5O4S. The number of nitrogens with one attached hydrogen (secondary N) is 2. The minimum absolute atomic E-state index is 0.0922. The van der Waals surface area contributed by atoms with Crippen molar-refractivity contribution in [2.45, 2.75) is 79.4 Å². The summed E-state index contributed by atoms with van der Waals surface area (Å²) in [5.41, 5.74) is 2.85. The molecule has 1 saturated heterocycles. The predicted octanol–water partition coefficient (Wildman–Crippen LogP) is 5.65. The van der Waals surface area contributed by atoms with Gasteiger partial charge in [0.05, 0.1) is 42.7 Å². The number of amides is 2. The highest BCUT2D eigenvalue weighted by molar-refractivity contribution is 7.14. The van der Waals surface area contributed by atoms with E-state index in [1.54, 1.807) is 12.3 Å². The van der Waals surface area contributed by atoms with Gasteiger partial charge in [-0.25, -0.2) is 4.98 Å². The van der Waals surface area contributed by atoms with Gasteiger partial charge in [-0.2, -0.15) is 0 Å². The Hall–Kier alpha value is -3.08. The Kier molecular flexibility index (Phi) is 11.2. The number of carbonyl (C=O) groups excluding carboxylic acids is 2. The number of aliphatic hydroxyl groups is 1. The molecule has 9 nitrogen and oxygen atoms in total. The van der Waals surface area contributed by atoms with Crippen molar-refractivity contribution in [1.82, 2.24) is 19.9 Å². The Labute approximate surface area is 247 Å². The Morgan fingerprint density at radius 2 is 1.90 bits per heavy atom. The lowest BCUT2D eigenvalue weighted by molar-refractivity contribution is -0.115. The maximum atomic E-state index is 12.3. The fourth-order valence-corrected chi connectivity index (χ4v) is 4.81. The molecule has 1 aliphatic rings. The molecular weight excluding hydrogens is 538 g/mol. The van der Waals surface area contributed by atoms with Crippen LogP contribution in [0.3, 0.4) is 0 Å². The summed E-state index contributed by atoms with van der Waals surface area (Å²) >= 11 is 1.31. The first-order valence-electron chi connectivity index (χ1n) is 14.2. The van der Waals surface area contributed by atoms with Crippen LogP contribution in [-0.4, -0.2) is 57.3 Å². The van der Waals surface area contributed by atoms with E-state index in [2.05, 4.69) is 62.1 Å². The molecule has 2 amide bonds. The van der Waals surface area contributed by atoms with E-state index in [0.717, 1.165) is 30.7 Å². The maximum Gasteiger partial charge on any atom is 0.253 e. The summed E-state index contributed by atoms with van der Waals surface area (Å²) in [7, 11) is 0. The van der Waals surface area contributed by atoms with Crippen molar-refractivity contribution in [3.63, 3.8) is 0 Å².